The Balaban J connectivity index is 1.77. The van der Waals surface area contributed by atoms with Crippen molar-refractivity contribution in [1.82, 2.24) is 29.3 Å². The predicted octanol–water partition coefficient (Wildman–Crippen LogP) is 3.67. The molecule has 0 aliphatic rings. The van der Waals surface area contributed by atoms with Gasteiger partial charge in [0.2, 0.25) is 0 Å². The molecule has 0 saturated carbocycles. The molecule has 0 aliphatic heterocycles. The van der Waals surface area contributed by atoms with Gasteiger partial charge in [0.05, 0.1) is 22.5 Å². The van der Waals surface area contributed by atoms with Crippen molar-refractivity contribution in [1.29, 1.82) is 0 Å². The van der Waals surface area contributed by atoms with Crippen molar-refractivity contribution in [2.45, 2.75) is 26.4 Å². The molecular weight excluding hydrogens is 382 g/mol. The number of aryl methyl sites for hydroxylation is 2. The summed E-state index contributed by atoms with van der Waals surface area (Å²) in [7, 11) is 1.86. The number of hydrogen-bond donors (Lipinski definition) is 1. The minimum atomic E-state index is -0.0162. The first kappa shape index (κ1) is 16.0. The number of halogens is 1. The van der Waals surface area contributed by atoms with Gasteiger partial charge < -0.3 is 9.88 Å². The third kappa shape index (κ3) is 2.57. The molecule has 128 valence electrons. The fourth-order valence-electron chi connectivity index (χ4n) is 3.18. The lowest BCUT2D eigenvalue weighted by Gasteiger charge is -2.16. The molecule has 0 amide bonds. The summed E-state index contributed by atoms with van der Waals surface area (Å²) in [4.78, 5) is 13.5. The zero-order valence-corrected chi connectivity index (χ0v) is 15.8. The maximum atomic E-state index is 4.81. The lowest BCUT2D eigenvalue weighted by molar-refractivity contribution is 0.673. The van der Waals surface area contributed by atoms with Crippen molar-refractivity contribution in [2.75, 3.05) is 5.32 Å². The average molecular weight is 400 g/mol. The van der Waals surface area contributed by atoms with E-state index < -0.39 is 0 Å². The van der Waals surface area contributed by atoms with E-state index in [4.69, 9.17) is 4.98 Å². The highest BCUT2D eigenvalue weighted by atomic mass is 79.9. The minimum absolute atomic E-state index is 0.0162. The molecule has 1 atom stereocenters. The highest BCUT2D eigenvalue weighted by Crippen LogP contribution is 2.30. The van der Waals surface area contributed by atoms with Crippen LogP contribution in [0.25, 0.3) is 22.1 Å². The van der Waals surface area contributed by atoms with Crippen LogP contribution in [0.5, 0.6) is 0 Å². The van der Waals surface area contributed by atoms with Crippen LogP contribution in [0.1, 0.15) is 25.7 Å². The van der Waals surface area contributed by atoms with Crippen molar-refractivity contribution in [3.63, 3.8) is 0 Å². The van der Waals surface area contributed by atoms with Crippen LogP contribution in [0.2, 0.25) is 0 Å². The normalized spacial score (nSPS) is 12.8. The van der Waals surface area contributed by atoms with Gasteiger partial charge in [0, 0.05) is 13.6 Å². The van der Waals surface area contributed by atoms with E-state index in [2.05, 4.69) is 60.8 Å². The number of anilines is 1. The second-order valence-electron chi connectivity index (χ2n) is 5.90. The van der Waals surface area contributed by atoms with Crippen molar-refractivity contribution in [3.8, 4) is 0 Å². The first-order valence-corrected chi connectivity index (χ1v) is 8.94. The fourth-order valence-corrected chi connectivity index (χ4v) is 3.78. The maximum Gasteiger partial charge on any atom is 0.164 e. The van der Waals surface area contributed by atoms with Gasteiger partial charge in [0.15, 0.2) is 5.65 Å². The fraction of sp³-hybridized carbons (Fsp3) is 0.294. The number of fused-ring (bicyclic) bond motifs is 2. The number of rotatable bonds is 4. The molecule has 0 fully saturated rings. The molecule has 1 aromatic carbocycles. The van der Waals surface area contributed by atoms with Gasteiger partial charge in [0.25, 0.3) is 0 Å². The Hall–Kier alpha value is -2.48. The summed E-state index contributed by atoms with van der Waals surface area (Å²) in [6, 6.07) is 8.18. The van der Waals surface area contributed by atoms with Gasteiger partial charge in [-0.15, -0.1) is 0 Å². The van der Waals surface area contributed by atoms with Gasteiger partial charge in [-0.1, -0.05) is 12.1 Å². The molecular formula is C17H18BrN7. The molecule has 0 aliphatic carbocycles. The zero-order valence-electron chi connectivity index (χ0n) is 14.2. The second-order valence-corrected chi connectivity index (χ2v) is 6.66. The Kier molecular flexibility index (Phi) is 3.91. The summed E-state index contributed by atoms with van der Waals surface area (Å²) >= 11 is 3.50. The Morgan fingerprint density at radius 1 is 1.24 bits per heavy atom. The molecule has 0 radical (unpaired) electrons. The van der Waals surface area contributed by atoms with Crippen molar-refractivity contribution in [3.05, 3.63) is 41.0 Å². The molecule has 7 nitrogen and oxygen atoms in total. The van der Waals surface area contributed by atoms with Gasteiger partial charge >= 0.3 is 0 Å². The first-order valence-electron chi connectivity index (χ1n) is 8.15. The van der Waals surface area contributed by atoms with E-state index >= 15 is 0 Å². The Morgan fingerprint density at radius 2 is 2.04 bits per heavy atom. The summed E-state index contributed by atoms with van der Waals surface area (Å²) in [6.07, 6.45) is 1.55. The summed E-state index contributed by atoms with van der Waals surface area (Å²) in [5.41, 5.74) is 2.92. The number of benzene rings is 1. The van der Waals surface area contributed by atoms with Gasteiger partial charge in [-0.3, -0.25) is 0 Å². The molecule has 25 heavy (non-hydrogen) atoms. The molecule has 0 spiro atoms. The minimum Gasteiger partial charge on any atom is -0.360 e. The third-order valence-electron chi connectivity index (χ3n) is 4.32. The van der Waals surface area contributed by atoms with Crippen molar-refractivity contribution >= 4 is 43.8 Å². The van der Waals surface area contributed by atoms with Gasteiger partial charge in [0.1, 0.15) is 22.6 Å². The number of aromatic nitrogens is 6. The first-order chi connectivity index (χ1) is 12.1. The van der Waals surface area contributed by atoms with E-state index in [0.29, 0.717) is 0 Å². The van der Waals surface area contributed by atoms with E-state index in [0.717, 1.165) is 44.9 Å². The summed E-state index contributed by atoms with van der Waals surface area (Å²) in [5, 5.41) is 8.71. The van der Waals surface area contributed by atoms with Gasteiger partial charge in [-0.2, -0.15) is 5.10 Å². The summed E-state index contributed by atoms with van der Waals surface area (Å²) in [5.74, 6) is 1.72. The standard InChI is InChI=1S/C17H18BrN7/c1-4-25-12-8-6-5-7-11(12)22-16(25)10(2)21-15-13-14(18)23-24(3)17(13)20-9-19-15/h5-10H,4H2,1-3H3,(H,19,20,21). The second kappa shape index (κ2) is 6.11. The summed E-state index contributed by atoms with van der Waals surface area (Å²) in [6.45, 7) is 5.08. The maximum absolute atomic E-state index is 4.81. The van der Waals surface area contributed by atoms with E-state index in [1.165, 1.54) is 0 Å². The smallest absolute Gasteiger partial charge is 0.164 e. The number of nitrogens with one attached hydrogen (secondary N) is 1. The van der Waals surface area contributed by atoms with E-state index in [1.807, 2.05) is 25.2 Å². The highest BCUT2D eigenvalue weighted by Gasteiger charge is 2.19. The molecule has 3 aromatic heterocycles. The Bertz CT molecular complexity index is 1070. The molecule has 3 heterocycles. The Labute approximate surface area is 153 Å². The monoisotopic (exact) mass is 399 g/mol. The van der Waals surface area contributed by atoms with Crippen LogP contribution in [0.3, 0.4) is 0 Å². The zero-order chi connectivity index (χ0) is 17.6. The van der Waals surface area contributed by atoms with Crippen LogP contribution in [-0.2, 0) is 13.6 Å². The lowest BCUT2D eigenvalue weighted by Crippen LogP contribution is -2.14. The van der Waals surface area contributed by atoms with E-state index in [-0.39, 0.29) is 6.04 Å². The largest absolute Gasteiger partial charge is 0.360 e. The number of nitrogens with zero attached hydrogens (tertiary/aromatic N) is 6. The third-order valence-corrected chi connectivity index (χ3v) is 4.87. The number of hydrogen-bond acceptors (Lipinski definition) is 5. The van der Waals surface area contributed by atoms with Gasteiger partial charge in [-0.05, 0) is 41.9 Å². The van der Waals surface area contributed by atoms with Crippen LogP contribution in [0, 0.1) is 0 Å². The van der Waals surface area contributed by atoms with Crippen LogP contribution in [0.15, 0.2) is 35.2 Å². The topological polar surface area (TPSA) is 73.5 Å². The quantitative estimate of drug-likeness (QED) is 0.566. The van der Waals surface area contributed by atoms with E-state index in [9.17, 15) is 0 Å². The van der Waals surface area contributed by atoms with Crippen LogP contribution in [0.4, 0.5) is 5.82 Å². The number of imidazole rings is 1. The molecule has 0 bridgehead atoms. The molecule has 4 rings (SSSR count). The lowest BCUT2D eigenvalue weighted by atomic mass is 10.3. The summed E-state index contributed by atoms with van der Waals surface area (Å²) < 4.78 is 4.69. The predicted molar refractivity (Wildman–Crippen MR) is 101 cm³/mol. The molecule has 1 N–H and O–H groups in total. The number of para-hydroxylation sites is 2. The van der Waals surface area contributed by atoms with Gasteiger partial charge in [-0.25, -0.2) is 19.6 Å². The molecule has 0 saturated heterocycles. The van der Waals surface area contributed by atoms with E-state index in [1.54, 1.807) is 11.0 Å². The van der Waals surface area contributed by atoms with Crippen LogP contribution in [-0.4, -0.2) is 29.3 Å². The highest BCUT2D eigenvalue weighted by molar-refractivity contribution is 9.10. The average Bonchev–Trinajstić information content (AvgIpc) is 3.13. The molecule has 1 unspecified atom stereocenters. The van der Waals surface area contributed by atoms with Crippen molar-refractivity contribution in [2.24, 2.45) is 7.05 Å². The molecule has 8 heteroatoms. The van der Waals surface area contributed by atoms with Crippen LogP contribution < -0.4 is 5.32 Å². The Morgan fingerprint density at radius 3 is 2.84 bits per heavy atom. The molecule has 4 aromatic rings. The van der Waals surface area contributed by atoms with Crippen LogP contribution >= 0.6 is 15.9 Å². The SMILES string of the molecule is CCn1c(C(C)Nc2ncnc3c2c(Br)nn3C)nc2ccccc21. The van der Waals surface area contributed by atoms with Crippen molar-refractivity contribution < 1.29 is 0 Å².